The minimum atomic E-state index is -0.296. The predicted molar refractivity (Wildman–Crippen MR) is 88.1 cm³/mol. The van der Waals surface area contributed by atoms with Gasteiger partial charge in [-0.1, -0.05) is 53.4 Å². The van der Waals surface area contributed by atoms with Crippen LogP contribution < -0.4 is 0 Å². The van der Waals surface area contributed by atoms with Crippen molar-refractivity contribution in [3.63, 3.8) is 0 Å². The molecule has 0 unspecified atom stereocenters. The van der Waals surface area contributed by atoms with Crippen molar-refractivity contribution in [2.75, 3.05) is 12.9 Å². The Morgan fingerprint density at radius 3 is 2.73 bits per heavy atom. The van der Waals surface area contributed by atoms with Crippen LogP contribution >= 0.6 is 23.1 Å². The van der Waals surface area contributed by atoms with Crippen LogP contribution in [0.3, 0.4) is 0 Å². The van der Waals surface area contributed by atoms with E-state index in [-0.39, 0.29) is 11.7 Å². The summed E-state index contributed by atoms with van der Waals surface area (Å²) in [4.78, 5) is 25.7. The average Bonchev–Trinajstić information content (AvgIpc) is 2.92. The second-order valence-corrected chi connectivity index (χ2v) is 6.60. The van der Waals surface area contributed by atoms with E-state index >= 15 is 0 Å². The van der Waals surface area contributed by atoms with Crippen LogP contribution in [-0.2, 0) is 9.53 Å². The predicted octanol–water partition coefficient (Wildman–Crippen LogP) is 3.33. The lowest BCUT2D eigenvalue weighted by atomic mass is 10.1. The molecule has 5 nitrogen and oxygen atoms in total. The van der Waals surface area contributed by atoms with Crippen LogP contribution in [0.1, 0.15) is 5.01 Å². The number of carbonyl (C=O) groups is 1. The van der Waals surface area contributed by atoms with E-state index in [1.54, 1.807) is 0 Å². The Balaban J connectivity index is 2.06. The fourth-order valence-electron chi connectivity index (χ4n) is 1.95. The van der Waals surface area contributed by atoms with E-state index in [0.717, 1.165) is 26.6 Å². The molecule has 0 aliphatic rings. The quantitative estimate of drug-likeness (QED) is 0.415. The highest BCUT2D eigenvalue weighted by Crippen LogP contribution is 2.31. The van der Waals surface area contributed by atoms with Gasteiger partial charge in [-0.3, -0.25) is 4.79 Å². The summed E-state index contributed by atoms with van der Waals surface area (Å²) in [5.74, 6) is -0.107. The molecule has 1 aromatic carbocycles. The van der Waals surface area contributed by atoms with Crippen LogP contribution in [0.2, 0.25) is 0 Å². The van der Waals surface area contributed by atoms with Crippen molar-refractivity contribution in [2.24, 2.45) is 0 Å². The highest BCUT2D eigenvalue weighted by atomic mass is 32.2. The third kappa shape index (κ3) is 3.10. The number of hydrogen-bond donors (Lipinski definition) is 0. The number of benzene rings is 1. The van der Waals surface area contributed by atoms with E-state index < -0.39 is 0 Å². The van der Waals surface area contributed by atoms with Gasteiger partial charge in [0.15, 0.2) is 5.16 Å². The molecule has 0 saturated heterocycles. The number of aryl methyl sites for hydroxylation is 1. The largest absolute Gasteiger partial charge is 0.468 e. The lowest BCUT2D eigenvalue weighted by Gasteiger charge is -2.05. The van der Waals surface area contributed by atoms with Crippen LogP contribution in [0.25, 0.3) is 21.6 Å². The smallest absolute Gasteiger partial charge is 0.316 e. The molecule has 112 valence electrons. The zero-order valence-electron chi connectivity index (χ0n) is 12.1. The van der Waals surface area contributed by atoms with Gasteiger partial charge in [-0.15, -0.1) is 0 Å². The molecule has 22 heavy (non-hydrogen) atoms. The molecule has 0 fully saturated rings. The topological polar surface area (TPSA) is 65.0 Å². The maximum Gasteiger partial charge on any atom is 0.316 e. The van der Waals surface area contributed by atoms with Gasteiger partial charge in [-0.25, -0.2) is 15.0 Å². The van der Waals surface area contributed by atoms with Crippen molar-refractivity contribution in [1.82, 2.24) is 15.0 Å². The van der Waals surface area contributed by atoms with Crippen molar-refractivity contribution >= 4 is 39.4 Å². The first-order valence-corrected chi connectivity index (χ1v) is 8.38. The molecular weight excluding hydrogens is 318 g/mol. The molecule has 0 bridgehead atoms. The van der Waals surface area contributed by atoms with Crippen molar-refractivity contribution < 1.29 is 9.53 Å². The Kier molecular flexibility index (Phi) is 4.35. The number of ether oxygens (including phenoxy) is 1. The number of aromatic nitrogens is 3. The monoisotopic (exact) mass is 331 g/mol. The van der Waals surface area contributed by atoms with E-state index in [0.29, 0.717) is 5.16 Å². The van der Waals surface area contributed by atoms with Gasteiger partial charge in [-0.05, 0) is 6.92 Å². The van der Waals surface area contributed by atoms with Crippen molar-refractivity contribution in [2.45, 2.75) is 12.1 Å². The van der Waals surface area contributed by atoms with Crippen molar-refractivity contribution in [3.8, 4) is 11.3 Å². The molecule has 2 aromatic heterocycles. The summed E-state index contributed by atoms with van der Waals surface area (Å²) in [6.45, 7) is 1.95. The zero-order chi connectivity index (χ0) is 15.5. The molecule has 0 radical (unpaired) electrons. The fraction of sp³-hybridized carbons (Fsp3) is 0.200. The number of rotatable bonds is 4. The van der Waals surface area contributed by atoms with E-state index in [4.69, 9.17) is 0 Å². The Morgan fingerprint density at radius 2 is 2.00 bits per heavy atom. The van der Waals surface area contributed by atoms with Gasteiger partial charge in [0.25, 0.3) is 0 Å². The molecule has 2 heterocycles. The first-order chi connectivity index (χ1) is 10.7. The van der Waals surface area contributed by atoms with Gasteiger partial charge in [0.05, 0.1) is 17.9 Å². The van der Waals surface area contributed by atoms with E-state index in [1.807, 2.05) is 37.3 Å². The highest BCUT2D eigenvalue weighted by Gasteiger charge is 2.15. The molecule has 0 amide bonds. The number of carbonyl (C=O) groups excluding carboxylic acids is 1. The average molecular weight is 331 g/mol. The summed E-state index contributed by atoms with van der Waals surface area (Å²) in [7, 11) is 1.37. The SMILES string of the molecule is COC(=O)CSc1nc(-c2ccccc2)c2nc(C)sc2n1. The lowest BCUT2D eigenvalue weighted by molar-refractivity contribution is -0.137. The minimum Gasteiger partial charge on any atom is -0.468 e. The standard InChI is InChI=1S/C15H13N3O2S2/c1-9-16-13-12(10-6-4-3-5-7-10)17-15(18-14(13)22-9)21-8-11(19)20-2/h3-7H,8H2,1-2H3. The maximum absolute atomic E-state index is 11.3. The summed E-state index contributed by atoms with van der Waals surface area (Å²) in [5, 5.41) is 1.50. The molecule has 0 atom stereocenters. The summed E-state index contributed by atoms with van der Waals surface area (Å²) in [6.07, 6.45) is 0. The van der Waals surface area contributed by atoms with Crippen molar-refractivity contribution in [1.29, 1.82) is 0 Å². The maximum atomic E-state index is 11.3. The molecule has 0 spiro atoms. The number of fused-ring (bicyclic) bond motifs is 1. The van der Waals surface area contributed by atoms with Gasteiger partial charge in [0.2, 0.25) is 0 Å². The number of esters is 1. The normalized spacial score (nSPS) is 10.8. The molecular formula is C15H13N3O2S2. The first-order valence-electron chi connectivity index (χ1n) is 6.57. The number of methoxy groups -OCH3 is 1. The van der Waals surface area contributed by atoms with Crippen LogP contribution in [-0.4, -0.2) is 33.8 Å². The second kappa shape index (κ2) is 6.41. The first kappa shape index (κ1) is 14.9. The Bertz CT molecular complexity index is 818. The van der Waals surface area contributed by atoms with E-state index in [9.17, 15) is 4.79 Å². The Labute approximate surface area is 135 Å². The summed E-state index contributed by atoms with van der Waals surface area (Å²) in [5.41, 5.74) is 2.58. The second-order valence-electron chi connectivity index (χ2n) is 4.47. The van der Waals surface area contributed by atoms with E-state index in [2.05, 4.69) is 19.7 Å². The summed E-state index contributed by atoms with van der Waals surface area (Å²) in [6, 6.07) is 9.87. The molecule has 0 aliphatic heterocycles. The lowest BCUT2D eigenvalue weighted by Crippen LogP contribution is -2.04. The number of nitrogens with zero attached hydrogens (tertiary/aromatic N) is 3. The summed E-state index contributed by atoms with van der Waals surface area (Å²) < 4.78 is 4.65. The number of thiazole rings is 1. The molecule has 3 aromatic rings. The summed E-state index contributed by atoms with van der Waals surface area (Å²) >= 11 is 2.79. The molecule has 7 heteroatoms. The molecule has 0 saturated carbocycles. The van der Waals surface area contributed by atoms with Crippen LogP contribution in [0.15, 0.2) is 35.5 Å². The Morgan fingerprint density at radius 1 is 1.23 bits per heavy atom. The van der Waals surface area contributed by atoms with Gasteiger partial charge >= 0.3 is 5.97 Å². The van der Waals surface area contributed by atoms with Gasteiger partial charge < -0.3 is 4.74 Å². The third-order valence-electron chi connectivity index (χ3n) is 2.94. The molecule has 3 rings (SSSR count). The molecule has 0 N–H and O–H groups in total. The van der Waals surface area contributed by atoms with Crippen LogP contribution in [0.4, 0.5) is 0 Å². The van der Waals surface area contributed by atoms with Crippen LogP contribution in [0.5, 0.6) is 0 Å². The van der Waals surface area contributed by atoms with Crippen LogP contribution in [0, 0.1) is 6.92 Å². The van der Waals surface area contributed by atoms with Gasteiger partial charge in [0, 0.05) is 5.56 Å². The Hall–Kier alpha value is -1.99. The van der Waals surface area contributed by atoms with Gasteiger partial charge in [0.1, 0.15) is 16.0 Å². The number of thioether (sulfide) groups is 1. The van der Waals surface area contributed by atoms with E-state index in [1.165, 1.54) is 30.2 Å². The zero-order valence-corrected chi connectivity index (χ0v) is 13.7. The number of hydrogen-bond acceptors (Lipinski definition) is 7. The minimum absolute atomic E-state index is 0.189. The highest BCUT2D eigenvalue weighted by molar-refractivity contribution is 7.99. The molecule has 0 aliphatic carbocycles. The van der Waals surface area contributed by atoms with Gasteiger partial charge in [-0.2, -0.15) is 0 Å². The fourth-order valence-corrected chi connectivity index (χ4v) is 3.47. The van der Waals surface area contributed by atoms with Crippen molar-refractivity contribution in [3.05, 3.63) is 35.3 Å². The third-order valence-corrected chi connectivity index (χ3v) is 4.62.